The molecule has 0 radical (unpaired) electrons. The first-order valence-corrected chi connectivity index (χ1v) is 7.28. The summed E-state index contributed by atoms with van der Waals surface area (Å²) in [4.78, 5) is 14.1. The summed E-state index contributed by atoms with van der Waals surface area (Å²) in [7, 11) is 0. The number of hydrogen-bond donors (Lipinski definition) is 2. The molecule has 0 aromatic heterocycles. The van der Waals surface area contributed by atoms with E-state index in [4.69, 9.17) is 10.5 Å². The molecular formula is C15H21N3O2. The number of nitrogen functional groups attached to an aromatic ring is 1. The van der Waals surface area contributed by atoms with Gasteiger partial charge in [0.2, 0.25) is 5.91 Å². The smallest absolute Gasteiger partial charge is 0.225 e. The number of fused-ring (bicyclic) bond motifs is 1. The maximum atomic E-state index is 11.8. The van der Waals surface area contributed by atoms with E-state index in [2.05, 4.69) is 10.2 Å². The zero-order valence-electron chi connectivity index (χ0n) is 11.8. The summed E-state index contributed by atoms with van der Waals surface area (Å²) < 4.78 is 5.57. The molecule has 0 saturated carbocycles. The number of nitrogens with one attached hydrogen (secondary N) is 1. The SMILES string of the molecule is CCOc1cccc(N2CCCC3C(=O)NCC32)c1N. The van der Waals surface area contributed by atoms with E-state index in [1.165, 1.54) is 0 Å². The van der Waals surface area contributed by atoms with Crippen molar-refractivity contribution in [3.8, 4) is 5.75 Å². The number of anilines is 2. The van der Waals surface area contributed by atoms with E-state index in [0.29, 0.717) is 18.8 Å². The van der Waals surface area contributed by atoms with Gasteiger partial charge in [-0.2, -0.15) is 0 Å². The molecule has 3 rings (SSSR count). The van der Waals surface area contributed by atoms with Crippen molar-refractivity contribution in [3.63, 3.8) is 0 Å². The molecule has 108 valence electrons. The van der Waals surface area contributed by atoms with Crippen LogP contribution >= 0.6 is 0 Å². The standard InChI is InChI=1S/C15H21N3O2/c1-2-20-13-7-3-6-11(14(13)16)18-8-4-5-10-12(18)9-17-15(10)19/h3,6-7,10,12H,2,4-5,8-9,16H2,1H3,(H,17,19). The van der Waals surface area contributed by atoms with Crippen molar-refractivity contribution in [1.29, 1.82) is 0 Å². The van der Waals surface area contributed by atoms with Gasteiger partial charge in [0.25, 0.3) is 0 Å². The highest BCUT2D eigenvalue weighted by molar-refractivity contribution is 5.84. The van der Waals surface area contributed by atoms with Crippen molar-refractivity contribution < 1.29 is 9.53 Å². The minimum Gasteiger partial charge on any atom is -0.492 e. The van der Waals surface area contributed by atoms with Gasteiger partial charge in [0.15, 0.2) is 0 Å². The summed E-state index contributed by atoms with van der Waals surface area (Å²) >= 11 is 0. The fourth-order valence-corrected chi connectivity index (χ4v) is 3.31. The van der Waals surface area contributed by atoms with Crippen LogP contribution in [-0.4, -0.2) is 31.6 Å². The van der Waals surface area contributed by atoms with Gasteiger partial charge in [0, 0.05) is 13.1 Å². The lowest BCUT2D eigenvalue weighted by atomic mass is 9.91. The Morgan fingerprint density at radius 1 is 1.50 bits per heavy atom. The van der Waals surface area contributed by atoms with E-state index in [1.54, 1.807) is 0 Å². The maximum absolute atomic E-state index is 11.8. The molecule has 2 aliphatic rings. The Hall–Kier alpha value is -1.91. The number of nitrogens with two attached hydrogens (primary N) is 1. The fourth-order valence-electron chi connectivity index (χ4n) is 3.31. The van der Waals surface area contributed by atoms with Crippen LogP contribution in [0.5, 0.6) is 5.75 Å². The second-order valence-corrected chi connectivity index (χ2v) is 5.38. The van der Waals surface area contributed by atoms with Crippen molar-refractivity contribution in [1.82, 2.24) is 5.32 Å². The van der Waals surface area contributed by atoms with Crippen LogP contribution in [0.3, 0.4) is 0 Å². The van der Waals surface area contributed by atoms with Crippen LogP contribution < -0.4 is 20.7 Å². The second kappa shape index (κ2) is 5.23. The Bertz CT molecular complexity index is 518. The lowest BCUT2D eigenvalue weighted by Crippen LogP contribution is -2.46. The van der Waals surface area contributed by atoms with Gasteiger partial charge < -0.3 is 20.7 Å². The number of carbonyl (C=O) groups excluding carboxylic acids is 1. The molecule has 2 saturated heterocycles. The van der Waals surface area contributed by atoms with Crippen molar-refractivity contribution in [3.05, 3.63) is 18.2 Å². The van der Waals surface area contributed by atoms with Gasteiger partial charge in [-0.05, 0) is 31.9 Å². The number of hydrogen-bond acceptors (Lipinski definition) is 4. The highest BCUT2D eigenvalue weighted by Gasteiger charge is 2.41. The highest BCUT2D eigenvalue weighted by atomic mass is 16.5. The molecule has 1 aromatic carbocycles. The van der Waals surface area contributed by atoms with Gasteiger partial charge in [-0.3, -0.25) is 4.79 Å². The molecule has 1 amide bonds. The minimum atomic E-state index is 0.0962. The Morgan fingerprint density at radius 3 is 3.15 bits per heavy atom. The van der Waals surface area contributed by atoms with E-state index >= 15 is 0 Å². The predicted molar refractivity (Wildman–Crippen MR) is 78.9 cm³/mol. The molecule has 20 heavy (non-hydrogen) atoms. The summed E-state index contributed by atoms with van der Waals surface area (Å²) in [6.07, 6.45) is 1.99. The fraction of sp³-hybridized carbons (Fsp3) is 0.533. The van der Waals surface area contributed by atoms with Crippen LogP contribution in [0.15, 0.2) is 18.2 Å². The number of para-hydroxylation sites is 1. The summed E-state index contributed by atoms with van der Waals surface area (Å²) in [5.74, 6) is 1.00. The number of piperidine rings is 1. The third-order valence-electron chi connectivity index (χ3n) is 4.25. The lowest BCUT2D eigenvalue weighted by Gasteiger charge is -2.38. The molecule has 3 N–H and O–H groups in total. The monoisotopic (exact) mass is 275 g/mol. The Morgan fingerprint density at radius 2 is 2.35 bits per heavy atom. The third kappa shape index (κ3) is 2.07. The first-order valence-electron chi connectivity index (χ1n) is 7.28. The molecule has 5 nitrogen and oxygen atoms in total. The van der Waals surface area contributed by atoms with E-state index in [-0.39, 0.29) is 17.9 Å². The van der Waals surface area contributed by atoms with Crippen LogP contribution in [0.2, 0.25) is 0 Å². The molecule has 2 aliphatic heterocycles. The maximum Gasteiger partial charge on any atom is 0.225 e. The van der Waals surface area contributed by atoms with Crippen molar-refractivity contribution in [2.75, 3.05) is 30.3 Å². The van der Waals surface area contributed by atoms with E-state index in [9.17, 15) is 4.79 Å². The number of ether oxygens (including phenoxy) is 1. The van der Waals surface area contributed by atoms with Crippen LogP contribution in [0, 0.1) is 5.92 Å². The molecule has 2 unspecified atom stereocenters. The number of benzene rings is 1. The van der Waals surface area contributed by atoms with Gasteiger partial charge in [-0.15, -0.1) is 0 Å². The van der Waals surface area contributed by atoms with E-state index in [0.717, 1.165) is 30.8 Å². The molecule has 2 fully saturated rings. The molecule has 5 heteroatoms. The van der Waals surface area contributed by atoms with Gasteiger partial charge in [0.05, 0.1) is 29.9 Å². The number of nitrogens with zero attached hydrogens (tertiary/aromatic N) is 1. The minimum absolute atomic E-state index is 0.0962. The zero-order chi connectivity index (χ0) is 14.1. The normalized spacial score (nSPS) is 25.2. The number of amides is 1. The number of rotatable bonds is 3. The first kappa shape index (κ1) is 13.1. The van der Waals surface area contributed by atoms with Gasteiger partial charge in [0.1, 0.15) is 5.75 Å². The lowest BCUT2D eigenvalue weighted by molar-refractivity contribution is -0.122. The van der Waals surface area contributed by atoms with Crippen molar-refractivity contribution >= 4 is 17.3 Å². The number of carbonyl (C=O) groups is 1. The van der Waals surface area contributed by atoms with Crippen LogP contribution in [0.1, 0.15) is 19.8 Å². The molecule has 0 aliphatic carbocycles. The van der Waals surface area contributed by atoms with Crippen LogP contribution in [0.4, 0.5) is 11.4 Å². The molecule has 2 atom stereocenters. The predicted octanol–water partition coefficient (Wildman–Crippen LogP) is 1.38. The Balaban J connectivity index is 1.92. The van der Waals surface area contributed by atoms with Gasteiger partial charge in [-0.25, -0.2) is 0 Å². The zero-order valence-corrected chi connectivity index (χ0v) is 11.8. The van der Waals surface area contributed by atoms with E-state index in [1.807, 2.05) is 25.1 Å². The van der Waals surface area contributed by atoms with Crippen molar-refractivity contribution in [2.24, 2.45) is 5.92 Å². The largest absolute Gasteiger partial charge is 0.492 e. The molecule has 0 bridgehead atoms. The molecular weight excluding hydrogens is 254 g/mol. The topological polar surface area (TPSA) is 67.6 Å². The quantitative estimate of drug-likeness (QED) is 0.818. The molecule has 2 heterocycles. The first-order chi connectivity index (χ1) is 9.72. The summed E-state index contributed by atoms with van der Waals surface area (Å²) in [5, 5.41) is 2.97. The van der Waals surface area contributed by atoms with Gasteiger partial charge >= 0.3 is 0 Å². The van der Waals surface area contributed by atoms with Crippen LogP contribution in [0.25, 0.3) is 0 Å². The summed E-state index contributed by atoms with van der Waals surface area (Å²) in [6.45, 7) is 4.19. The Labute approximate surface area is 119 Å². The molecule has 0 spiro atoms. The third-order valence-corrected chi connectivity index (χ3v) is 4.25. The summed E-state index contributed by atoms with van der Waals surface area (Å²) in [6, 6.07) is 6.09. The average molecular weight is 275 g/mol. The highest BCUT2D eigenvalue weighted by Crippen LogP contribution is 2.38. The second-order valence-electron chi connectivity index (χ2n) is 5.38. The van der Waals surface area contributed by atoms with Crippen LogP contribution in [-0.2, 0) is 4.79 Å². The Kier molecular flexibility index (Phi) is 3.42. The van der Waals surface area contributed by atoms with Gasteiger partial charge in [-0.1, -0.05) is 6.07 Å². The van der Waals surface area contributed by atoms with E-state index < -0.39 is 0 Å². The average Bonchev–Trinajstić information content (AvgIpc) is 2.84. The molecule has 1 aromatic rings. The van der Waals surface area contributed by atoms with Crippen molar-refractivity contribution in [2.45, 2.75) is 25.8 Å². The summed E-state index contributed by atoms with van der Waals surface area (Å²) in [5.41, 5.74) is 7.91.